The Morgan fingerprint density at radius 1 is 1.11 bits per heavy atom. The second-order valence-electron chi connectivity index (χ2n) is 7.12. The topological polar surface area (TPSA) is 63.2 Å². The van der Waals surface area contributed by atoms with Gasteiger partial charge in [-0.05, 0) is 49.1 Å². The van der Waals surface area contributed by atoms with Crippen LogP contribution in [0.2, 0.25) is 0 Å². The van der Waals surface area contributed by atoms with Crippen LogP contribution in [0, 0.1) is 0 Å². The van der Waals surface area contributed by atoms with Crippen molar-refractivity contribution in [1.82, 2.24) is 10.3 Å². The summed E-state index contributed by atoms with van der Waals surface area (Å²) < 4.78 is 5.18. The van der Waals surface area contributed by atoms with E-state index in [1.807, 2.05) is 18.2 Å². The van der Waals surface area contributed by atoms with E-state index in [2.05, 4.69) is 27.8 Å². The standard InChI is InChI=1S/C22H29N3O2/c1-27-20-10-8-17(9-11-20)12-14-23-21-16-18(13-15-24-21)22(26)25-19-6-4-2-3-5-7-19/h8-11,13,15-16,19H,2-7,12,14H2,1H3,(H,23,24)(H,25,26). The maximum absolute atomic E-state index is 12.6. The number of hydrogen-bond acceptors (Lipinski definition) is 4. The number of rotatable bonds is 7. The van der Waals surface area contributed by atoms with Crippen molar-refractivity contribution in [2.75, 3.05) is 19.0 Å². The van der Waals surface area contributed by atoms with E-state index in [0.717, 1.165) is 37.4 Å². The van der Waals surface area contributed by atoms with Gasteiger partial charge < -0.3 is 15.4 Å². The molecule has 0 atom stereocenters. The summed E-state index contributed by atoms with van der Waals surface area (Å²) >= 11 is 0. The maximum Gasteiger partial charge on any atom is 0.251 e. The first-order valence-electron chi connectivity index (χ1n) is 9.88. The molecule has 5 nitrogen and oxygen atoms in total. The lowest BCUT2D eigenvalue weighted by molar-refractivity contribution is 0.0933. The molecule has 27 heavy (non-hydrogen) atoms. The molecular formula is C22H29N3O2. The van der Waals surface area contributed by atoms with Crippen molar-refractivity contribution in [3.05, 3.63) is 53.7 Å². The molecule has 0 saturated heterocycles. The van der Waals surface area contributed by atoms with Crippen LogP contribution >= 0.6 is 0 Å². The Labute approximate surface area is 161 Å². The van der Waals surface area contributed by atoms with Gasteiger partial charge in [0.05, 0.1) is 7.11 Å². The zero-order valence-electron chi connectivity index (χ0n) is 16.0. The number of nitrogens with zero attached hydrogens (tertiary/aromatic N) is 1. The number of aromatic nitrogens is 1. The normalized spacial score (nSPS) is 15.0. The fraction of sp³-hybridized carbons (Fsp3) is 0.455. The zero-order valence-corrected chi connectivity index (χ0v) is 16.0. The van der Waals surface area contributed by atoms with Crippen molar-refractivity contribution in [2.24, 2.45) is 0 Å². The first kappa shape index (κ1) is 19.2. The molecule has 0 spiro atoms. The minimum Gasteiger partial charge on any atom is -0.497 e. The van der Waals surface area contributed by atoms with Gasteiger partial charge in [0, 0.05) is 24.3 Å². The fourth-order valence-corrected chi connectivity index (χ4v) is 3.49. The van der Waals surface area contributed by atoms with Crippen LogP contribution in [0.15, 0.2) is 42.6 Å². The highest BCUT2D eigenvalue weighted by Gasteiger charge is 2.16. The molecule has 1 heterocycles. The Balaban J connectivity index is 1.50. The molecule has 1 amide bonds. The van der Waals surface area contributed by atoms with Gasteiger partial charge in [-0.2, -0.15) is 0 Å². The van der Waals surface area contributed by atoms with Crippen molar-refractivity contribution in [1.29, 1.82) is 0 Å². The number of pyridine rings is 1. The summed E-state index contributed by atoms with van der Waals surface area (Å²) in [4.78, 5) is 16.9. The van der Waals surface area contributed by atoms with Crippen molar-refractivity contribution < 1.29 is 9.53 Å². The van der Waals surface area contributed by atoms with Crippen LogP contribution in [-0.4, -0.2) is 30.6 Å². The summed E-state index contributed by atoms with van der Waals surface area (Å²) in [6.45, 7) is 0.757. The largest absolute Gasteiger partial charge is 0.497 e. The third kappa shape index (κ3) is 5.98. The predicted octanol–water partition coefficient (Wildman–Crippen LogP) is 4.20. The van der Waals surface area contributed by atoms with E-state index in [1.54, 1.807) is 19.4 Å². The van der Waals surface area contributed by atoms with Crippen molar-refractivity contribution in [3.8, 4) is 5.75 Å². The highest BCUT2D eigenvalue weighted by molar-refractivity contribution is 5.95. The number of amides is 1. The summed E-state index contributed by atoms with van der Waals surface area (Å²) in [5, 5.41) is 6.50. The molecular weight excluding hydrogens is 338 g/mol. The summed E-state index contributed by atoms with van der Waals surface area (Å²) in [6, 6.07) is 12.0. The minimum atomic E-state index is 0.00232. The Kier molecular flexibility index (Phi) is 7.08. The SMILES string of the molecule is COc1ccc(CCNc2cc(C(=O)NC3CCCCCC3)ccn2)cc1. The number of benzene rings is 1. The van der Waals surface area contributed by atoms with Crippen molar-refractivity contribution in [2.45, 2.75) is 51.0 Å². The Bertz CT molecular complexity index is 723. The Hall–Kier alpha value is -2.56. The van der Waals surface area contributed by atoms with Crippen LogP contribution in [0.1, 0.15) is 54.4 Å². The molecule has 5 heteroatoms. The lowest BCUT2D eigenvalue weighted by atomic mass is 10.1. The van der Waals surface area contributed by atoms with Crippen molar-refractivity contribution in [3.63, 3.8) is 0 Å². The van der Waals surface area contributed by atoms with Gasteiger partial charge in [0.25, 0.3) is 5.91 Å². The zero-order chi connectivity index (χ0) is 18.9. The van der Waals surface area contributed by atoms with E-state index in [4.69, 9.17) is 4.74 Å². The van der Waals surface area contributed by atoms with Gasteiger partial charge in [0.1, 0.15) is 11.6 Å². The smallest absolute Gasteiger partial charge is 0.251 e. The average Bonchev–Trinajstić information content (AvgIpc) is 2.97. The predicted molar refractivity (Wildman–Crippen MR) is 108 cm³/mol. The average molecular weight is 367 g/mol. The second kappa shape index (κ2) is 9.95. The molecule has 0 radical (unpaired) electrons. The van der Waals surface area contributed by atoms with Gasteiger partial charge in [-0.15, -0.1) is 0 Å². The summed E-state index contributed by atoms with van der Waals surface area (Å²) in [5.41, 5.74) is 1.90. The van der Waals surface area contributed by atoms with Crippen LogP contribution < -0.4 is 15.4 Å². The molecule has 0 bridgehead atoms. The van der Waals surface area contributed by atoms with Gasteiger partial charge in [-0.25, -0.2) is 4.98 Å². The van der Waals surface area contributed by atoms with E-state index in [0.29, 0.717) is 11.6 Å². The number of hydrogen-bond donors (Lipinski definition) is 2. The van der Waals surface area contributed by atoms with Crippen LogP contribution in [0.5, 0.6) is 5.75 Å². The first-order chi connectivity index (χ1) is 13.2. The molecule has 0 aliphatic heterocycles. The molecule has 1 aliphatic rings. The van der Waals surface area contributed by atoms with Crippen LogP contribution in [0.4, 0.5) is 5.82 Å². The number of nitrogens with one attached hydrogen (secondary N) is 2. The summed E-state index contributed by atoms with van der Waals surface area (Å²) in [7, 11) is 1.67. The highest BCUT2D eigenvalue weighted by atomic mass is 16.5. The van der Waals surface area contributed by atoms with Gasteiger partial charge in [-0.3, -0.25) is 4.79 Å². The van der Waals surface area contributed by atoms with E-state index in [-0.39, 0.29) is 5.91 Å². The molecule has 2 aromatic rings. The number of carbonyl (C=O) groups is 1. The third-order valence-electron chi connectivity index (χ3n) is 5.09. The fourth-order valence-electron chi connectivity index (χ4n) is 3.49. The third-order valence-corrected chi connectivity index (χ3v) is 5.09. The van der Waals surface area contributed by atoms with Gasteiger partial charge in [0.15, 0.2) is 0 Å². The molecule has 1 fully saturated rings. The lowest BCUT2D eigenvalue weighted by Gasteiger charge is -2.16. The Morgan fingerprint density at radius 2 is 1.85 bits per heavy atom. The molecule has 3 rings (SSSR count). The van der Waals surface area contributed by atoms with E-state index in [1.165, 1.54) is 31.2 Å². The second-order valence-corrected chi connectivity index (χ2v) is 7.12. The monoisotopic (exact) mass is 367 g/mol. The molecule has 1 saturated carbocycles. The molecule has 0 unspecified atom stereocenters. The maximum atomic E-state index is 12.6. The molecule has 1 aromatic carbocycles. The molecule has 144 valence electrons. The minimum absolute atomic E-state index is 0.00232. The highest BCUT2D eigenvalue weighted by Crippen LogP contribution is 2.18. The van der Waals surface area contributed by atoms with Crippen LogP contribution in [-0.2, 0) is 6.42 Å². The van der Waals surface area contributed by atoms with Crippen LogP contribution in [0.3, 0.4) is 0 Å². The molecule has 1 aliphatic carbocycles. The molecule has 1 aromatic heterocycles. The quantitative estimate of drug-likeness (QED) is 0.720. The number of methoxy groups -OCH3 is 1. The van der Waals surface area contributed by atoms with Crippen molar-refractivity contribution >= 4 is 11.7 Å². The molecule has 2 N–H and O–H groups in total. The van der Waals surface area contributed by atoms with Gasteiger partial charge >= 0.3 is 0 Å². The summed E-state index contributed by atoms with van der Waals surface area (Å²) in [5.74, 6) is 1.60. The van der Waals surface area contributed by atoms with E-state index in [9.17, 15) is 4.79 Å². The van der Waals surface area contributed by atoms with Gasteiger partial charge in [0.2, 0.25) is 0 Å². The Morgan fingerprint density at radius 3 is 2.56 bits per heavy atom. The number of carbonyl (C=O) groups excluding carboxylic acids is 1. The number of ether oxygens (including phenoxy) is 1. The number of anilines is 1. The van der Waals surface area contributed by atoms with Crippen LogP contribution in [0.25, 0.3) is 0 Å². The lowest BCUT2D eigenvalue weighted by Crippen LogP contribution is -2.34. The summed E-state index contributed by atoms with van der Waals surface area (Å²) in [6.07, 6.45) is 9.72. The van der Waals surface area contributed by atoms with E-state index < -0.39 is 0 Å². The van der Waals surface area contributed by atoms with Gasteiger partial charge in [-0.1, -0.05) is 37.8 Å². The first-order valence-corrected chi connectivity index (χ1v) is 9.88. The van der Waals surface area contributed by atoms with E-state index >= 15 is 0 Å².